The second kappa shape index (κ2) is 9.08. The van der Waals surface area contributed by atoms with E-state index in [0.29, 0.717) is 5.56 Å². The molecule has 2 aromatic carbocycles. The molecule has 1 N–H and O–H groups in total. The summed E-state index contributed by atoms with van der Waals surface area (Å²) in [4.78, 5) is 21.8. The van der Waals surface area contributed by atoms with E-state index < -0.39 is 21.4 Å². The quantitative estimate of drug-likeness (QED) is 0.439. The van der Waals surface area contributed by atoms with E-state index in [4.69, 9.17) is 5.11 Å². The van der Waals surface area contributed by atoms with Crippen LogP contribution in [-0.2, 0) is 10.1 Å². The molecule has 0 unspecified atom stereocenters. The molecular weight excluding hydrogens is 413 g/mol. The Morgan fingerprint density at radius 2 is 1.34 bits per heavy atom. The summed E-state index contributed by atoms with van der Waals surface area (Å²) in [6.45, 7) is 5.89. The number of ketones is 2. The molecule has 0 aliphatic rings. The highest BCUT2D eigenvalue weighted by Crippen LogP contribution is 2.29. The minimum absolute atomic E-state index is 0.0214. The van der Waals surface area contributed by atoms with Gasteiger partial charge < -0.3 is 9.29 Å². The first-order chi connectivity index (χ1) is 13.2. The fourth-order valence-electron chi connectivity index (χ4n) is 2.00. The van der Waals surface area contributed by atoms with Crippen LogP contribution in [0.3, 0.4) is 0 Å². The van der Waals surface area contributed by atoms with Gasteiger partial charge in [-0.2, -0.15) is 21.6 Å². The molecule has 0 bridgehead atoms. The van der Waals surface area contributed by atoms with Crippen molar-refractivity contribution in [3.05, 3.63) is 58.7 Å². The van der Waals surface area contributed by atoms with E-state index in [1.54, 1.807) is 19.1 Å². The summed E-state index contributed by atoms with van der Waals surface area (Å²) in [5.74, 6) is -0.497. The maximum absolute atomic E-state index is 12.1. The number of rotatable bonds is 4. The number of hydrogen-bond donors (Lipinski definition) is 1. The van der Waals surface area contributed by atoms with Crippen LogP contribution in [-0.4, -0.2) is 30.6 Å². The van der Waals surface area contributed by atoms with E-state index in [0.717, 1.165) is 11.6 Å². The van der Waals surface area contributed by atoms with Crippen molar-refractivity contribution in [3.63, 3.8) is 0 Å². The number of carbonyl (C=O) groups excluding carboxylic acids is 2. The Kier molecular flexibility index (Phi) is 7.56. The van der Waals surface area contributed by atoms with E-state index in [1.165, 1.54) is 39.0 Å². The van der Waals surface area contributed by atoms with Gasteiger partial charge in [0.1, 0.15) is 11.5 Å². The Morgan fingerprint density at radius 3 is 1.72 bits per heavy atom. The van der Waals surface area contributed by atoms with Gasteiger partial charge in [-0.3, -0.25) is 9.59 Å². The maximum Gasteiger partial charge on any atom is 0.534 e. The Hall–Kier alpha value is -2.88. The molecule has 2 aromatic rings. The molecule has 0 amide bonds. The molecule has 6 nitrogen and oxygen atoms in total. The van der Waals surface area contributed by atoms with E-state index in [2.05, 4.69) is 4.18 Å². The highest BCUT2D eigenvalue weighted by molar-refractivity contribution is 7.88. The second-order valence-corrected chi connectivity index (χ2v) is 7.61. The lowest BCUT2D eigenvalue weighted by Crippen LogP contribution is -2.28. The lowest BCUT2D eigenvalue weighted by Gasteiger charge is -2.11. The summed E-state index contributed by atoms with van der Waals surface area (Å²) in [5.41, 5.74) is -3.74. The highest BCUT2D eigenvalue weighted by atomic mass is 32.2. The van der Waals surface area contributed by atoms with Gasteiger partial charge >= 0.3 is 15.6 Å². The Balaban J connectivity index is 0.000000326. The van der Waals surface area contributed by atoms with Crippen LogP contribution in [0.1, 0.15) is 45.7 Å². The van der Waals surface area contributed by atoms with Gasteiger partial charge in [-0.25, -0.2) is 0 Å². The third kappa shape index (κ3) is 6.60. The summed E-state index contributed by atoms with van der Waals surface area (Å²) in [6, 6.07) is 8.28. The molecule has 29 heavy (non-hydrogen) atoms. The van der Waals surface area contributed by atoms with Gasteiger partial charge in [0.25, 0.3) is 0 Å². The molecule has 0 heterocycles. The first-order valence-electron chi connectivity index (χ1n) is 8.08. The number of hydrogen-bond acceptors (Lipinski definition) is 6. The lowest BCUT2D eigenvalue weighted by atomic mass is 10.1. The molecule has 158 valence electrons. The van der Waals surface area contributed by atoms with Crippen molar-refractivity contribution in [2.24, 2.45) is 0 Å². The van der Waals surface area contributed by atoms with Crippen LogP contribution in [0.25, 0.3) is 0 Å². The van der Waals surface area contributed by atoms with E-state index >= 15 is 0 Å². The molecule has 2 rings (SSSR count). The zero-order valence-corrected chi connectivity index (χ0v) is 16.8. The predicted octanol–water partition coefficient (Wildman–Crippen LogP) is 4.33. The topological polar surface area (TPSA) is 97.7 Å². The molecule has 0 aliphatic heterocycles. The molecule has 0 spiro atoms. The Bertz CT molecular complexity index is 1030. The van der Waals surface area contributed by atoms with Crippen LogP contribution >= 0.6 is 0 Å². The SMILES string of the molecule is CC(=O)c1ccc(O)c(C)c1.CC(=O)c1ccc(OS(=O)(=O)C(F)(F)F)c(C)c1. The van der Waals surface area contributed by atoms with Crippen molar-refractivity contribution in [2.75, 3.05) is 0 Å². The van der Waals surface area contributed by atoms with Gasteiger partial charge in [0.15, 0.2) is 11.6 Å². The summed E-state index contributed by atoms with van der Waals surface area (Å²) in [5, 5.41) is 9.11. The Labute approximate surface area is 166 Å². The van der Waals surface area contributed by atoms with Crippen LogP contribution in [0.4, 0.5) is 13.2 Å². The van der Waals surface area contributed by atoms with Crippen molar-refractivity contribution in [1.82, 2.24) is 0 Å². The smallest absolute Gasteiger partial charge is 0.508 e. The normalized spacial score (nSPS) is 11.3. The molecule has 10 heteroatoms. The molecule has 0 saturated heterocycles. The zero-order chi connectivity index (χ0) is 22.6. The van der Waals surface area contributed by atoms with E-state index in [-0.39, 0.29) is 28.4 Å². The summed E-state index contributed by atoms with van der Waals surface area (Å²) in [7, 11) is -5.69. The maximum atomic E-state index is 12.1. The molecule has 0 saturated carbocycles. The van der Waals surface area contributed by atoms with Crippen LogP contribution in [0.5, 0.6) is 11.5 Å². The fraction of sp³-hybridized carbons (Fsp3) is 0.263. The summed E-state index contributed by atoms with van der Waals surface area (Å²) >= 11 is 0. The summed E-state index contributed by atoms with van der Waals surface area (Å²) in [6.07, 6.45) is 0. The molecule has 0 atom stereocenters. The third-order valence-electron chi connectivity index (χ3n) is 3.67. The van der Waals surface area contributed by atoms with Crippen LogP contribution in [0, 0.1) is 13.8 Å². The molecular formula is C19H19F3O6S. The van der Waals surface area contributed by atoms with Gasteiger partial charge in [0.05, 0.1) is 0 Å². The minimum Gasteiger partial charge on any atom is -0.508 e. The van der Waals surface area contributed by atoms with Crippen LogP contribution < -0.4 is 4.18 Å². The standard InChI is InChI=1S/C10H9F3O4S.C9H10O2/c1-6-5-8(7(2)14)3-4-9(6)17-18(15,16)10(11,12)13;1-6-5-8(7(2)10)3-4-9(6)11/h3-5H,1-2H3;3-5,11H,1-2H3. The molecule has 0 aromatic heterocycles. The molecule has 0 aliphatic carbocycles. The number of carbonyl (C=O) groups is 2. The van der Waals surface area contributed by atoms with Crippen molar-refractivity contribution in [2.45, 2.75) is 33.2 Å². The number of aryl methyl sites for hydroxylation is 2. The number of benzene rings is 2. The number of alkyl halides is 3. The number of phenolic OH excluding ortho intramolecular Hbond substituents is 1. The lowest BCUT2D eigenvalue weighted by molar-refractivity contribution is -0.0500. The van der Waals surface area contributed by atoms with Gasteiger partial charge in [-0.15, -0.1) is 0 Å². The van der Waals surface area contributed by atoms with Crippen molar-refractivity contribution < 1.29 is 40.5 Å². The summed E-state index contributed by atoms with van der Waals surface area (Å²) < 4.78 is 61.8. The van der Waals surface area contributed by atoms with Crippen molar-refractivity contribution >= 4 is 21.7 Å². The first-order valence-corrected chi connectivity index (χ1v) is 9.49. The van der Waals surface area contributed by atoms with Gasteiger partial charge in [-0.05, 0) is 75.2 Å². The molecule has 0 radical (unpaired) electrons. The number of aromatic hydroxyl groups is 1. The van der Waals surface area contributed by atoms with Crippen molar-refractivity contribution in [3.8, 4) is 11.5 Å². The Morgan fingerprint density at radius 1 is 0.897 bits per heavy atom. The molecule has 0 fully saturated rings. The third-order valence-corrected chi connectivity index (χ3v) is 4.63. The monoisotopic (exact) mass is 432 g/mol. The predicted molar refractivity (Wildman–Crippen MR) is 99.6 cm³/mol. The van der Waals surface area contributed by atoms with Gasteiger partial charge in [0, 0.05) is 11.1 Å². The van der Waals surface area contributed by atoms with Gasteiger partial charge in [0.2, 0.25) is 0 Å². The van der Waals surface area contributed by atoms with Crippen molar-refractivity contribution in [1.29, 1.82) is 0 Å². The number of halogens is 3. The van der Waals surface area contributed by atoms with E-state index in [9.17, 15) is 31.2 Å². The number of phenols is 1. The highest BCUT2D eigenvalue weighted by Gasteiger charge is 2.48. The van der Waals surface area contributed by atoms with E-state index in [1.807, 2.05) is 0 Å². The van der Waals surface area contributed by atoms with Crippen LogP contribution in [0.2, 0.25) is 0 Å². The fourth-order valence-corrected chi connectivity index (χ4v) is 2.52. The average Bonchev–Trinajstić information content (AvgIpc) is 2.58. The minimum atomic E-state index is -5.69. The number of Topliss-reactive ketones (excluding diaryl/α,β-unsaturated/α-hetero) is 2. The largest absolute Gasteiger partial charge is 0.534 e. The zero-order valence-electron chi connectivity index (χ0n) is 16.0. The van der Waals surface area contributed by atoms with Crippen LogP contribution in [0.15, 0.2) is 36.4 Å². The first kappa shape index (κ1) is 24.2. The second-order valence-electron chi connectivity index (χ2n) is 6.08. The van der Waals surface area contributed by atoms with Gasteiger partial charge in [-0.1, -0.05) is 0 Å². The average molecular weight is 432 g/mol.